The Balaban J connectivity index is 1.37. The number of nitrogens with one attached hydrogen (secondary N) is 1. The van der Waals surface area contributed by atoms with Gasteiger partial charge in [-0.2, -0.15) is 5.10 Å². The molecule has 1 aliphatic rings. The van der Waals surface area contributed by atoms with Crippen molar-refractivity contribution in [2.45, 2.75) is 39.3 Å². The van der Waals surface area contributed by atoms with Gasteiger partial charge in [0.15, 0.2) is 6.61 Å². The van der Waals surface area contributed by atoms with Crippen molar-refractivity contribution in [3.05, 3.63) is 42.1 Å². The number of aryl methyl sites for hydroxylation is 2. The zero-order valence-electron chi connectivity index (χ0n) is 16.9. The Labute approximate surface area is 170 Å². The Morgan fingerprint density at radius 3 is 2.90 bits per heavy atom. The maximum absolute atomic E-state index is 11.9. The lowest BCUT2D eigenvalue weighted by Gasteiger charge is -2.11. The number of hydrogen-bond acceptors (Lipinski definition) is 5. The van der Waals surface area contributed by atoms with Crippen molar-refractivity contribution in [3.63, 3.8) is 0 Å². The van der Waals surface area contributed by atoms with Crippen LogP contribution in [0, 0.1) is 6.92 Å². The van der Waals surface area contributed by atoms with E-state index in [1.165, 1.54) is 0 Å². The average molecular weight is 394 g/mol. The zero-order chi connectivity index (χ0) is 20.2. The summed E-state index contributed by atoms with van der Waals surface area (Å²) in [4.78, 5) is 16.7. The third-order valence-electron chi connectivity index (χ3n) is 5.16. The first-order valence-corrected chi connectivity index (χ1v) is 10.1. The van der Waals surface area contributed by atoms with E-state index >= 15 is 0 Å². The largest absolute Gasteiger partial charge is 0.484 e. The number of nitrogens with zero attached hydrogens (tertiary/aromatic N) is 3. The number of carbonyl (C=O) groups excluding carboxylic acids is 1. The van der Waals surface area contributed by atoms with Crippen molar-refractivity contribution in [1.29, 1.82) is 0 Å². The smallest absolute Gasteiger partial charge is 0.258 e. The van der Waals surface area contributed by atoms with E-state index in [9.17, 15) is 4.79 Å². The summed E-state index contributed by atoms with van der Waals surface area (Å²) in [5.41, 5.74) is 5.00. The third-order valence-corrected chi connectivity index (χ3v) is 5.16. The first-order chi connectivity index (χ1) is 14.1. The first-order valence-electron chi connectivity index (χ1n) is 10.1. The normalized spacial score (nSPS) is 16.3. The van der Waals surface area contributed by atoms with Crippen molar-refractivity contribution in [2.75, 3.05) is 19.8 Å². The van der Waals surface area contributed by atoms with Crippen molar-refractivity contribution >= 4 is 16.9 Å². The zero-order valence-corrected chi connectivity index (χ0v) is 16.9. The molecule has 1 saturated heterocycles. The Morgan fingerprint density at radius 1 is 1.34 bits per heavy atom. The average Bonchev–Trinajstić information content (AvgIpc) is 3.40. The summed E-state index contributed by atoms with van der Waals surface area (Å²) in [5.74, 6) is 0.512. The molecular weight excluding hydrogens is 368 g/mol. The van der Waals surface area contributed by atoms with Gasteiger partial charge in [0, 0.05) is 25.3 Å². The minimum Gasteiger partial charge on any atom is -0.484 e. The van der Waals surface area contributed by atoms with Crippen LogP contribution in [-0.4, -0.2) is 46.5 Å². The summed E-state index contributed by atoms with van der Waals surface area (Å²) in [6.07, 6.45) is 4.01. The van der Waals surface area contributed by atoms with E-state index in [2.05, 4.69) is 30.3 Å². The Bertz CT molecular complexity index is 991. The molecule has 0 spiro atoms. The van der Waals surface area contributed by atoms with E-state index in [-0.39, 0.29) is 18.6 Å². The number of aromatic nitrogens is 3. The molecule has 0 radical (unpaired) electrons. The number of benzene rings is 1. The molecule has 3 aromatic rings. The molecule has 0 saturated carbocycles. The number of pyridine rings is 1. The summed E-state index contributed by atoms with van der Waals surface area (Å²) in [7, 11) is 0. The molecular formula is C22H26N4O3. The fraction of sp³-hybridized carbons (Fsp3) is 0.409. The van der Waals surface area contributed by atoms with Gasteiger partial charge in [-0.05, 0) is 62.6 Å². The van der Waals surface area contributed by atoms with Gasteiger partial charge in [-0.3, -0.25) is 9.48 Å². The van der Waals surface area contributed by atoms with E-state index in [4.69, 9.17) is 14.5 Å². The van der Waals surface area contributed by atoms with E-state index in [1.54, 1.807) is 0 Å². The quantitative estimate of drug-likeness (QED) is 0.666. The van der Waals surface area contributed by atoms with Crippen LogP contribution in [0.5, 0.6) is 5.75 Å². The van der Waals surface area contributed by atoms with E-state index in [0.717, 1.165) is 53.8 Å². The molecule has 7 heteroatoms. The van der Waals surface area contributed by atoms with Crippen LogP contribution in [-0.2, 0) is 16.1 Å². The van der Waals surface area contributed by atoms with Crippen LogP contribution in [0.4, 0.5) is 0 Å². The number of hydrogen-bond donors (Lipinski definition) is 1. The third kappa shape index (κ3) is 4.40. The Kier molecular flexibility index (Phi) is 5.76. The Hall–Kier alpha value is -2.93. The molecule has 1 aromatic carbocycles. The second-order valence-corrected chi connectivity index (χ2v) is 7.27. The maximum Gasteiger partial charge on any atom is 0.258 e. The summed E-state index contributed by atoms with van der Waals surface area (Å²) in [6.45, 7) is 6.29. The number of rotatable bonds is 7. The van der Waals surface area contributed by atoms with Gasteiger partial charge in [-0.1, -0.05) is 0 Å². The van der Waals surface area contributed by atoms with Gasteiger partial charge in [-0.25, -0.2) is 4.98 Å². The minimum absolute atomic E-state index is 0.00835. The predicted octanol–water partition coefficient (Wildman–Crippen LogP) is 3.10. The van der Waals surface area contributed by atoms with Crippen LogP contribution in [0.2, 0.25) is 0 Å². The highest BCUT2D eigenvalue weighted by Gasteiger charge is 2.16. The molecule has 29 heavy (non-hydrogen) atoms. The Morgan fingerprint density at radius 2 is 2.17 bits per heavy atom. The number of amides is 1. The number of fused-ring (bicyclic) bond motifs is 1. The van der Waals surface area contributed by atoms with Crippen molar-refractivity contribution in [1.82, 2.24) is 20.1 Å². The highest BCUT2D eigenvalue weighted by atomic mass is 16.5. The lowest BCUT2D eigenvalue weighted by Crippen LogP contribution is -2.35. The van der Waals surface area contributed by atoms with Crippen LogP contribution in [0.15, 0.2) is 36.5 Å². The molecule has 1 N–H and O–H groups in total. The van der Waals surface area contributed by atoms with E-state index < -0.39 is 0 Å². The molecule has 1 atom stereocenters. The van der Waals surface area contributed by atoms with Crippen LogP contribution in [0.25, 0.3) is 22.3 Å². The fourth-order valence-electron chi connectivity index (χ4n) is 3.64. The maximum atomic E-state index is 11.9. The number of ether oxygens (including phenoxy) is 2. The summed E-state index contributed by atoms with van der Waals surface area (Å²) in [6, 6.07) is 9.71. The second-order valence-electron chi connectivity index (χ2n) is 7.27. The van der Waals surface area contributed by atoms with Gasteiger partial charge in [0.25, 0.3) is 5.91 Å². The SMILES string of the molecule is CCn1ncc2nc(-c3ccc(OCC(=O)NCC4CCCO4)cc3)cc(C)c21. The second kappa shape index (κ2) is 8.61. The highest BCUT2D eigenvalue weighted by Crippen LogP contribution is 2.26. The van der Waals surface area contributed by atoms with Crippen LogP contribution in [0.3, 0.4) is 0 Å². The van der Waals surface area contributed by atoms with Gasteiger partial charge in [0.1, 0.15) is 11.3 Å². The van der Waals surface area contributed by atoms with Gasteiger partial charge in [0.05, 0.1) is 23.5 Å². The molecule has 7 nitrogen and oxygen atoms in total. The molecule has 4 rings (SSSR count). The van der Waals surface area contributed by atoms with Crippen molar-refractivity contribution in [2.24, 2.45) is 0 Å². The van der Waals surface area contributed by atoms with Crippen LogP contribution in [0.1, 0.15) is 25.3 Å². The van der Waals surface area contributed by atoms with Gasteiger partial charge < -0.3 is 14.8 Å². The topological polar surface area (TPSA) is 78.3 Å². The fourth-order valence-corrected chi connectivity index (χ4v) is 3.64. The van der Waals surface area contributed by atoms with E-state index in [0.29, 0.717) is 12.3 Å². The van der Waals surface area contributed by atoms with Crippen molar-refractivity contribution in [3.8, 4) is 17.0 Å². The molecule has 1 aliphatic heterocycles. The van der Waals surface area contributed by atoms with Gasteiger partial charge in [-0.15, -0.1) is 0 Å². The molecule has 1 fully saturated rings. The van der Waals surface area contributed by atoms with Crippen molar-refractivity contribution < 1.29 is 14.3 Å². The standard InChI is InChI=1S/C22H26N4O3/c1-3-26-22-15(2)11-19(25-20(22)13-24-26)16-6-8-17(9-7-16)29-14-21(27)23-12-18-5-4-10-28-18/h6-9,11,13,18H,3-5,10,12,14H2,1-2H3,(H,23,27). The monoisotopic (exact) mass is 394 g/mol. The molecule has 0 aliphatic carbocycles. The lowest BCUT2D eigenvalue weighted by molar-refractivity contribution is -0.123. The minimum atomic E-state index is -0.139. The molecule has 0 bridgehead atoms. The molecule has 3 heterocycles. The lowest BCUT2D eigenvalue weighted by atomic mass is 10.1. The van der Waals surface area contributed by atoms with Gasteiger partial charge >= 0.3 is 0 Å². The molecule has 152 valence electrons. The first kappa shape index (κ1) is 19.4. The summed E-state index contributed by atoms with van der Waals surface area (Å²) >= 11 is 0. The molecule has 1 unspecified atom stereocenters. The predicted molar refractivity (Wildman–Crippen MR) is 111 cm³/mol. The summed E-state index contributed by atoms with van der Waals surface area (Å²) < 4.78 is 13.1. The molecule has 2 aromatic heterocycles. The van der Waals surface area contributed by atoms with Crippen LogP contribution < -0.4 is 10.1 Å². The number of carbonyl (C=O) groups is 1. The van der Waals surface area contributed by atoms with Crippen LogP contribution >= 0.6 is 0 Å². The summed E-state index contributed by atoms with van der Waals surface area (Å²) in [5, 5.41) is 7.25. The van der Waals surface area contributed by atoms with E-state index in [1.807, 2.05) is 35.1 Å². The highest BCUT2D eigenvalue weighted by molar-refractivity contribution is 5.81. The molecule has 1 amide bonds. The van der Waals surface area contributed by atoms with Gasteiger partial charge in [0.2, 0.25) is 0 Å².